The molecule has 1 nitrogen and oxygen atoms in total. The summed E-state index contributed by atoms with van der Waals surface area (Å²) in [6, 6.07) is 20.2. The van der Waals surface area contributed by atoms with Crippen molar-refractivity contribution in [3.8, 4) is 0 Å². The van der Waals surface area contributed by atoms with E-state index in [1.807, 2.05) is 12.3 Å². The van der Waals surface area contributed by atoms with Crippen molar-refractivity contribution in [2.24, 2.45) is 0 Å². The van der Waals surface area contributed by atoms with Gasteiger partial charge in [0.15, 0.2) is 0 Å². The molecule has 0 unspecified atom stereocenters. The zero-order valence-corrected chi connectivity index (χ0v) is 8.90. The molecule has 0 aliphatic rings. The van der Waals surface area contributed by atoms with Crippen LogP contribution in [-0.2, 0) is 6.42 Å². The smallest absolute Gasteiger partial charge is 0.0463 e. The summed E-state index contributed by atoms with van der Waals surface area (Å²) < 4.78 is 0. The Kier molecular flexibility index (Phi) is 2.22. The van der Waals surface area contributed by atoms with Crippen molar-refractivity contribution < 1.29 is 0 Å². The monoisotopic (exact) mass is 206 g/mol. The Morgan fingerprint density at radius 3 is 2.69 bits per heavy atom. The second kappa shape index (κ2) is 3.86. The van der Waals surface area contributed by atoms with Gasteiger partial charge in [-0.05, 0) is 23.6 Å². The normalized spacial score (nSPS) is 10.8. The zero-order chi connectivity index (χ0) is 10.8. The third-order valence-corrected chi connectivity index (χ3v) is 2.79. The van der Waals surface area contributed by atoms with Gasteiger partial charge in [-0.25, -0.2) is 0 Å². The van der Waals surface area contributed by atoms with Gasteiger partial charge in [-0.1, -0.05) is 42.5 Å². The molecular weight excluding hydrogens is 194 g/mol. The lowest BCUT2D eigenvalue weighted by atomic mass is 10.0. The number of fused-ring (bicyclic) bond motifs is 1. The predicted octanol–water partition coefficient (Wildman–Crippen LogP) is 3.56. The van der Waals surface area contributed by atoms with E-state index in [2.05, 4.69) is 53.5 Å². The lowest BCUT2D eigenvalue weighted by Crippen LogP contribution is -1.87. The standard InChI is InChI=1S/C15H12N/c1-2-4-12(5-3-1)10-13-6-7-14-8-9-16-15(14)11-13/h1-7,9,11,16H,10H2. The largest absolute Gasteiger partial charge is 0.361 e. The highest BCUT2D eigenvalue weighted by Gasteiger charge is 1.98. The molecule has 1 N–H and O–H groups in total. The molecule has 1 aromatic heterocycles. The number of hydrogen-bond acceptors (Lipinski definition) is 0. The van der Waals surface area contributed by atoms with Gasteiger partial charge in [-0.3, -0.25) is 0 Å². The van der Waals surface area contributed by atoms with Gasteiger partial charge in [-0.15, -0.1) is 0 Å². The lowest BCUT2D eigenvalue weighted by Gasteiger charge is -2.01. The highest BCUT2D eigenvalue weighted by atomic mass is 14.7. The van der Waals surface area contributed by atoms with Gasteiger partial charge in [0, 0.05) is 23.2 Å². The Balaban J connectivity index is 1.94. The summed E-state index contributed by atoms with van der Waals surface area (Å²) in [5.41, 5.74) is 3.83. The van der Waals surface area contributed by atoms with Gasteiger partial charge in [0.1, 0.15) is 0 Å². The molecule has 0 saturated heterocycles. The van der Waals surface area contributed by atoms with E-state index in [1.54, 1.807) is 0 Å². The lowest BCUT2D eigenvalue weighted by molar-refractivity contribution is 1.20. The van der Waals surface area contributed by atoms with E-state index in [4.69, 9.17) is 0 Å². The molecule has 0 fully saturated rings. The predicted molar refractivity (Wildman–Crippen MR) is 66.4 cm³/mol. The van der Waals surface area contributed by atoms with E-state index in [-0.39, 0.29) is 0 Å². The van der Waals surface area contributed by atoms with E-state index >= 15 is 0 Å². The summed E-state index contributed by atoms with van der Waals surface area (Å²) in [5.74, 6) is 0. The van der Waals surface area contributed by atoms with Gasteiger partial charge < -0.3 is 4.98 Å². The Morgan fingerprint density at radius 1 is 0.938 bits per heavy atom. The fraction of sp³-hybridized carbons (Fsp3) is 0.0667. The molecule has 0 bridgehead atoms. The van der Waals surface area contributed by atoms with Crippen LogP contribution in [0.5, 0.6) is 0 Å². The summed E-state index contributed by atoms with van der Waals surface area (Å²) >= 11 is 0. The van der Waals surface area contributed by atoms with E-state index < -0.39 is 0 Å². The number of hydrogen-bond donors (Lipinski definition) is 1. The molecule has 77 valence electrons. The maximum Gasteiger partial charge on any atom is 0.0463 e. The van der Waals surface area contributed by atoms with Crippen molar-refractivity contribution in [1.29, 1.82) is 0 Å². The number of aromatic nitrogens is 1. The van der Waals surface area contributed by atoms with Gasteiger partial charge >= 0.3 is 0 Å². The van der Waals surface area contributed by atoms with Crippen LogP contribution in [-0.4, -0.2) is 4.98 Å². The maximum atomic E-state index is 3.19. The second-order valence-electron chi connectivity index (χ2n) is 3.98. The summed E-state index contributed by atoms with van der Waals surface area (Å²) in [4.78, 5) is 3.19. The van der Waals surface area contributed by atoms with Crippen molar-refractivity contribution >= 4 is 10.9 Å². The summed E-state index contributed by atoms with van der Waals surface area (Å²) in [6.45, 7) is 0. The molecule has 1 heteroatoms. The van der Waals surface area contributed by atoms with Crippen molar-refractivity contribution in [1.82, 2.24) is 4.98 Å². The molecule has 0 spiro atoms. The SMILES string of the molecule is [c]1c[nH]c2cc(Cc3ccccc3)ccc12. The molecule has 0 saturated carbocycles. The van der Waals surface area contributed by atoms with Crippen LogP contribution in [0, 0.1) is 6.07 Å². The third-order valence-electron chi connectivity index (χ3n) is 2.79. The zero-order valence-electron chi connectivity index (χ0n) is 8.90. The van der Waals surface area contributed by atoms with Gasteiger partial charge in [0.2, 0.25) is 0 Å². The van der Waals surface area contributed by atoms with Crippen molar-refractivity contribution in [2.45, 2.75) is 6.42 Å². The second-order valence-corrected chi connectivity index (χ2v) is 3.98. The minimum Gasteiger partial charge on any atom is -0.361 e. The van der Waals surface area contributed by atoms with Crippen LogP contribution in [0.4, 0.5) is 0 Å². The van der Waals surface area contributed by atoms with Gasteiger partial charge in [-0.2, -0.15) is 0 Å². The number of H-pyrrole nitrogens is 1. The molecule has 0 amide bonds. The van der Waals surface area contributed by atoms with Gasteiger partial charge in [0.05, 0.1) is 0 Å². The van der Waals surface area contributed by atoms with E-state index in [0.29, 0.717) is 0 Å². The van der Waals surface area contributed by atoms with Crippen LogP contribution in [0.25, 0.3) is 10.9 Å². The Hall–Kier alpha value is -2.02. The van der Waals surface area contributed by atoms with Crippen molar-refractivity contribution in [2.75, 3.05) is 0 Å². The van der Waals surface area contributed by atoms with Crippen LogP contribution in [0.15, 0.2) is 54.7 Å². The summed E-state index contributed by atoms with van der Waals surface area (Å²) in [7, 11) is 0. The molecule has 3 aromatic rings. The number of aromatic amines is 1. The minimum atomic E-state index is 0.982. The van der Waals surface area contributed by atoms with Gasteiger partial charge in [0.25, 0.3) is 0 Å². The summed E-state index contributed by atoms with van der Waals surface area (Å²) in [5, 5.41) is 1.15. The average Bonchev–Trinajstić information content (AvgIpc) is 2.77. The molecule has 0 aliphatic heterocycles. The first-order valence-electron chi connectivity index (χ1n) is 5.43. The molecule has 3 rings (SSSR count). The highest BCUT2D eigenvalue weighted by Crippen LogP contribution is 2.16. The number of rotatable bonds is 2. The highest BCUT2D eigenvalue weighted by molar-refractivity contribution is 5.79. The van der Waals surface area contributed by atoms with Crippen LogP contribution in [0.2, 0.25) is 0 Å². The molecule has 16 heavy (non-hydrogen) atoms. The van der Waals surface area contributed by atoms with E-state index in [9.17, 15) is 0 Å². The minimum absolute atomic E-state index is 0.982. The molecule has 0 atom stereocenters. The van der Waals surface area contributed by atoms with Crippen LogP contribution < -0.4 is 0 Å². The first-order valence-corrected chi connectivity index (χ1v) is 5.43. The number of benzene rings is 2. The van der Waals surface area contributed by atoms with E-state index in [1.165, 1.54) is 11.1 Å². The van der Waals surface area contributed by atoms with Crippen LogP contribution in [0.1, 0.15) is 11.1 Å². The first kappa shape index (κ1) is 9.22. The van der Waals surface area contributed by atoms with Crippen LogP contribution in [0.3, 0.4) is 0 Å². The topological polar surface area (TPSA) is 15.8 Å². The third kappa shape index (κ3) is 1.72. The average molecular weight is 206 g/mol. The van der Waals surface area contributed by atoms with Crippen molar-refractivity contribution in [3.05, 3.63) is 71.9 Å². The maximum absolute atomic E-state index is 3.19. The number of nitrogens with one attached hydrogen (secondary N) is 1. The molecule has 0 aliphatic carbocycles. The Bertz CT molecular complexity index is 593. The molecule has 2 aromatic carbocycles. The fourth-order valence-electron chi connectivity index (χ4n) is 1.97. The van der Waals surface area contributed by atoms with Crippen LogP contribution >= 0.6 is 0 Å². The first-order chi connectivity index (χ1) is 7.92. The van der Waals surface area contributed by atoms with Crippen molar-refractivity contribution in [3.63, 3.8) is 0 Å². The fourth-order valence-corrected chi connectivity index (χ4v) is 1.97. The molecular formula is C15H12N. The van der Waals surface area contributed by atoms with E-state index in [0.717, 1.165) is 17.3 Å². The molecule has 1 heterocycles. The summed E-state index contributed by atoms with van der Waals surface area (Å²) in [6.07, 6.45) is 2.84. The Labute approximate surface area is 94.7 Å². The molecule has 1 radical (unpaired) electrons. The quantitative estimate of drug-likeness (QED) is 0.660. The Morgan fingerprint density at radius 2 is 1.81 bits per heavy atom.